The molecule has 6 nitrogen and oxygen atoms in total. The van der Waals surface area contributed by atoms with Crippen LogP contribution in [0, 0.1) is 0 Å². The molecule has 0 aliphatic heterocycles. The summed E-state index contributed by atoms with van der Waals surface area (Å²) in [4.78, 5) is 11.2. The lowest BCUT2D eigenvalue weighted by atomic mass is 10.1. The summed E-state index contributed by atoms with van der Waals surface area (Å²) in [7, 11) is -2.06. The van der Waals surface area contributed by atoms with Crippen LogP contribution in [0.15, 0.2) is 30.3 Å². The molecule has 0 aromatic heterocycles. The summed E-state index contributed by atoms with van der Waals surface area (Å²) in [5, 5.41) is 9.16. The first kappa shape index (κ1) is 17.6. The quantitative estimate of drug-likeness (QED) is 0.629. The molecule has 1 aromatic carbocycles. The smallest absolute Gasteiger partial charge is 0.322 e. The van der Waals surface area contributed by atoms with Crippen molar-refractivity contribution in [3.05, 3.63) is 35.9 Å². The molecule has 118 valence electrons. The molecule has 1 atom stereocenters. The summed E-state index contributed by atoms with van der Waals surface area (Å²) >= 11 is 0. The molecular weight excluding hydrogens is 294 g/mol. The van der Waals surface area contributed by atoms with Gasteiger partial charge in [0.15, 0.2) is 0 Å². The number of carboxylic acid groups (broad SMARTS) is 1. The summed E-state index contributed by atoms with van der Waals surface area (Å²) in [5.74, 6) is -1.28. The van der Waals surface area contributed by atoms with Gasteiger partial charge >= 0.3 is 5.97 Å². The Balaban J connectivity index is 2.59. The highest BCUT2D eigenvalue weighted by molar-refractivity contribution is 7.89. The van der Waals surface area contributed by atoms with E-state index in [9.17, 15) is 13.2 Å². The zero-order valence-electron chi connectivity index (χ0n) is 12.0. The summed E-state index contributed by atoms with van der Waals surface area (Å²) in [6.45, 7) is 0.488. The highest BCUT2D eigenvalue weighted by Gasteiger charge is 2.23. The van der Waals surface area contributed by atoms with Gasteiger partial charge in [-0.1, -0.05) is 30.3 Å². The van der Waals surface area contributed by atoms with Gasteiger partial charge in [-0.25, -0.2) is 13.1 Å². The second-order valence-corrected chi connectivity index (χ2v) is 6.59. The van der Waals surface area contributed by atoms with Crippen molar-refractivity contribution in [1.82, 2.24) is 4.72 Å². The standard InChI is InChI=1S/C14H21NO5S/c1-20-9-5-6-10-21(18,19)15-13(14(16)17)11-12-7-3-2-4-8-12/h2-4,7-8,13,15H,5-6,9-11H2,1H3,(H,16,17)/t13-/m1/s1. The number of hydrogen-bond donors (Lipinski definition) is 2. The Morgan fingerprint density at radius 2 is 1.95 bits per heavy atom. The number of hydrogen-bond acceptors (Lipinski definition) is 4. The Labute approximate surface area is 125 Å². The van der Waals surface area contributed by atoms with E-state index < -0.39 is 22.0 Å². The Morgan fingerprint density at radius 1 is 1.29 bits per heavy atom. The van der Waals surface area contributed by atoms with Gasteiger partial charge in [0.25, 0.3) is 0 Å². The number of carbonyl (C=O) groups is 1. The van der Waals surface area contributed by atoms with Crippen molar-refractivity contribution >= 4 is 16.0 Å². The fourth-order valence-corrected chi connectivity index (χ4v) is 3.16. The molecule has 0 heterocycles. The number of aliphatic carboxylic acids is 1. The first-order valence-electron chi connectivity index (χ1n) is 6.70. The number of sulfonamides is 1. The van der Waals surface area contributed by atoms with Gasteiger partial charge in [0.2, 0.25) is 10.0 Å². The topological polar surface area (TPSA) is 92.7 Å². The largest absolute Gasteiger partial charge is 0.480 e. The van der Waals surface area contributed by atoms with Crippen molar-refractivity contribution in [2.24, 2.45) is 0 Å². The molecule has 0 unspecified atom stereocenters. The molecule has 0 aliphatic rings. The van der Waals surface area contributed by atoms with Crippen LogP contribution in [0.1, 0.15) is 18.4 Å². The molecule has 1 rings (SSSR count). The third-order valence-corrected chi connectivity index (χ3v) is 4.38. The van der Waals surface area contributed by atoms with E-state index in [0.29, 0.717) is 19.4 Å². The van der Waals surface area contributed by atoms with Gasteiger partial charge in [-0.05, 0) is 24.8 Å². The minimum Gasteiger partial charge on any atom is -0.480 e. The van der Waals surface area contributed by atoms with Crippen LogP contribution in [0.5, 0.6) is 0 Å². The maximum atomic E-state index is 11.9. The number of rotatable bonds is 10. The highest BCUT2D eigenvalue weighted by atomic mass is 32.2. The molecule has 0 saturated heterocycles. The average Bonchev–Trinajstić information content (AvgIpc) is 2.44. The van der Waals surface area contributed by atoms with E-state index in [1.54, 1.807) is 31.4 Å². The molecule has 0 saturated carbocycles. The Kier molecular flexibility index (Phi) is 7.35. The fourth-order valence-electron chi connectivity index (χ4n) is 1.84. The molecule has 0 aliphatic carbocycles. The number of nitrogens with one attached hydrogen (secondary N) is 1. The molecule has 0 fully saturated rings. The molecule has 7 heteroatoms. The summed E-state index contributed by atoms with van der Waals surface area (Å²) in [6.07, 6.45) is 1.17. The zero-order valence-corrected chi connectivity index (χ0v) is 12.8. The molecule has 1 aromatic rings. The van der Waals surface area contributed by atoms with E-state index >= 15 is 0 Å². The second kappa shape index (κ2) is 8.76. The van der Waals surface area contributed by atoms with Gasteiger partial charge in [-0.3, -0.25) is 4.79 Å². The molecular formula is C14H21NO5S. The van der Waals surface area contributed by atoms with Crippen LogP contribution >= 0.6 is 0 Å². The lowest BCUT2D eigenvalue weighted by molar-refractivity contribution is -0.138. The maximum absolute atomic E-state index is 11.9. The van der Waals surface area contributed by atoms with Crippen LogP contribution in [0.2, 0.25) is 0 Å². The summed E-state index contributed by atoms with van der Waals surface area (Å²) < 4.78 is 30.9. The number of methoxy groups -OCH3 is 1. The van der Waals surface area contributed by atoms with Crippen LogP contribution in [0.25, 0.3) is 0 Å². The molecule has 0 bridgehead atoms. The van der Waals surface area contributed by atoms with Crippen molar-refractivity contribution in [2.75, 3.05) is 19.5 Å². The third-order valence-electron chi connectivity index (χ3n) is 2.91. The van der Waals surface area contributed by atoms with E-state index in [-0.39, 0.29) is 12.2 Å². The van der Waals surface area contributed by atoms with Gasteiger partial charge in [0.05, 0.1) is 5.75 Å². The lowest BCUT2D eigenvalue weighted by Gasteiger charge is -2.15. The zero-order chi connectivity index (χ0) is 15.7. The van der Waals surface area contributed by atoms with Crippen LogP contribution in [0.3, 0.4) is 0 Å². The first-order valence-corrected chi connectivity index (χ1v) is 8.35. The number of benzene rings is 1. The summed E-state index contributed by atoms with van der Waals surface area (Å²) in [5.41, 5.74) is 0.770. The average molecular weight is 315 g/mol. The van der Waals surface area contributed by atoms with Crippen LogP contribution in [-0.2, 0) is 26.0 Å². The first-order chi connectivity index (χ1) is 9.94. The van der Waals surface area contributed by atoms with E-state index in [2.05, 4.69) is 4.72 Å². The normalized spacial score (nSPS) is 13.0. The second-order valence-electron chi connectivity index (χ2n) is 4.72. The minimum absolute atomic E-state index is 0.102. The monoisotopic (exact) mass is 315 g/mol. The predicted octanol–water partition coefficient (Wildman–Crippen LogP) is 1.03. The van der Waals surface area contributed by atoms with Crippen molar-refractivity contribution in [1.29, 1.82) is 0 Å². The number of ether oxygens (including phenoxy) is 1. The van der Waals surface area contributed by atoms with Crippen molar-refractivity contribution < 1.29 is 23.1 Å². The lowest BCUT2D eigenvalue weighted by Crippen LogP contribution is -2.43. The van der Waals surface area contributed by atoms with E-state index in [4.69, 9.17) is 9.84 Å². The van der Waals surface area contributed by atoms with Crippen LogP contribution in [0.4, 0.5) is 0 Å². The molecule has 0 radical (unpaired) electrons. The van der Waals surface area contributed by atoms with Gasteiger partial charge in [-0.2, -0.15) is 0 Å². The van der Waals surface area contributed by atoms with Crippen LogP contribution < -0.4 is 4.72 Å². The SMILES string of the molecule is COCCCCS(=O)(=O)N[C@H](Cc1ccccc1)C(=O)O. The number of carboxylic acids is 1. The molecule has 0 amide bonds. The molecule has 21 heavy (non-hydrogen) atoms. The van der Waals surface area contributed by atoms with E-state index in [0.717, 1.165) is 5.56 Å². The van der Waals surface area contributed by atoms with Crippen molar-refractivity contribution in [2.45, 2.75) is 25.3 Å². The van der Waals surface area contributed by atoms with Crippen LogP contribution in [-0.4, -0.2) is 45.0 Å². The molecule has 2 N–H and O–H groups in total. The van der Waals surface area contributed by atoms with Gasteiger partial charge in [0, 0.05) is 13.7 Å². The fraction of sp³-hybridized carbons (Fsp3) is 0.500. The Morgan fingerprint density at radius 3 is 2.52 bits per heavy atom. The van der Waals surface area contributed by atoms with Crippen molar-refractivity contribution in [3.63, 3.8) is 0 Å². The minimum atomic E-state index is -3.61. The third kappa shape index (κ3) is 7.22. The van der Waals surface area contributed by atoms with Crippen molar-refractivity contribution in [3.8, 4) is 0 Å². The number of unbranched alkanes of at least 4 members (excludes halogenated alkanes) is 1. The maximum Gasteiger partial charge on any atom is 0.322 e. The Hall–Kier alpha value is -1.44. The van der Waals surface area contributed by atoms with E-state index in [1.807, 2.05) is 6.07 Å². The van der Waals surface area contributed by atoms with Gasteiger partial charge < -0.3 is 9.84 Å². The summed E-state index contributed by atoms with van der Waals surface area (Å²) in [6, 6.07) is 7.77. The predicted molar refractivity (Wildman–Crippen MR) is 79.6 cm³/mol. The van der Waals surface area contributed by atoms with Gasteiger partial charge in [0.1, 0.15) is 6.04 Å². The van der Waals surface area contributed by atoms with Gasteiger partial charge in [-0.15, -0.1) is 0 Å². The Bertz CT molecular complexity index is 530. The highest BCUT2D eigenvalue weighted by Crippen LogP contribution is 2.05. The molecule has 0 spiro atoms. The van der Waals surface area contributed by atoms with E-state index in [1.165, 1.54) is 0 Å².